The molecule has 1 aliphatic rings. The van der Waals surface area contributed by atoms with E-state index in [0.29, 0.717) is 10.8 Å². The molecule has 1 aromatic heterocycles. The summed E-state index contributed by atoms with van der Waals surface area (Å²) in [5.74, 6) is 1.83. The summed E-state index contributed by atoms with van der Waals surface area (Å²) >= 11 is 1.38. The van der Waals surface area contributed by atoms with E-state index in [-0.39, 0.29) is 11.7 Å². The number of thiophene rings is 1. The Labute approximate surface area is 91.0 Å². The second-order valence-electron chi connectivity index (χ2n) is 3.61. The highest BCUT2D eigenvalue weighted by Crippen LogP contribution is 2.35. The van der Waals surface area contributed by atoms with Crippen molar-refractivity contribution < 1.29 is 9.59 Å². The standard InChI is InChI=1S/C10H10N2O2S/c1-5(2)6-4-15-9-8(6)11-7(3-13)12-10(9)14/h4-5,11H,1-2H3,(H,12,14). The van der Waals surface area contributed by atoms with Gasteiger partial charge in [-0.1, -0.05) is 13.8 Å². The second-order valence-corrected chi connectivity index (χ2v) is 4.49. The van der Waals surface area contributed by atoms with Crippen molar-refractivity contribution in [3.63, 3.8) is 0 Å². The zero-order valence-corrected chi connectivity index (χ0v) is 9.20. The summed E-state index contributed by atoms with van der Waals surface area (Å²) in [4.78, 5) is 22.7. The van der Waals surface area contributed by atoms with Crippen molar-refractivity contribution in [3.05, 3.63) is 21.6 Å². The fourth-order valence-corrected chi connectivity index (χ4v) is 2.55. The number of hydrogen-bond acceptors (Lipinski definition) is 4. The zero-order chi connectivity index (χ0) is 11.0. The van der Waals surface area contributed by atoms with Crippen LogP contribution in [0.1, 0.15) is 35.0 Å². The number of carbonyl (C=O) groups is 1. The van der Waals surface area contributed by atoms with E-state index in [0.717, 1.165) is 11.3 Å². The van der Waals surface area contributed by atoms with E-state index in [1.165, 1.54) is 11.3 Å². The lowest BCUT2D eigenvalue weighted by Gasteiger charge is -2.17. The van der Waals surface area contributed by atoms with Gasteiger partial charge in [0.2, 0.25) is 0 Å². The predicted molar refractivity (Wildman–Crippen MR) is 58.7 cm³/mol. The third-order valence-corrected chi connectivity index (χ3v) is 3.24. The van der Waals surface area contributed by atoms with Gasteiger partial charge in [0.05, 0.1) is 5.69 Å². The number of amides is 1. The predicted octanol–water partition coefficient (Wildman–Crippen LogP) is 1.70. The first-order valence-electron chi connectivity index (χ1n) is 4.58. The summed E-state index contributed by atoms with van der Waals surface area (Å²) in [6.07, 6.45) is 0. The molecule has 1 aromatic rings. The molecule has 2 N–H and O–H groups in total. The maximum Gasteiger partial charge on any atom is 0.269 e. The van der Waals surface area contributed by atoms with Crippen molar-refractivity contribution in [2.24, 2.45) is 0 Å². The lowest BCUT2D eigenvalue weighted by Crippen LogP contribution is -2.32. The van der Waals surface area contributed by atoms with Gasteiger partial charge in [0, 0.05) is 0 Å². The Morgan fingerprint density at radius 1 is 1.40 bits per heavy atom. The normalized spacial score (nSPS) is 14.3. The summed E-state index contributed by atoms with van der Waals surface area (Å²) in [7, 11) is 0. The summed E-state index contributed by atoms with van der Waals surface area (Å²) in [6.45, 7) is 4.08. The van der Waals surface area contributed by atoms with Gasteiger partial charge in [0.15, 0.2) is 11.8 Å². The van der Waals surface area contributed by atoms with Crippen molar-refractivity contribution in [2.45, 2.75) is 19.8 Å². The van der Waals surface area contributed by atoms with Gasteiger partial charge in [-0.15, -0.1) is 11.3 Å². The van der Waals surface area contributed by atoms with E-state index in [1.54, 1.807) is 5.94 Å². The molecule has 0 aromatic carbocycles. The summed E-state index contributed by atoms with van der Waals surface area (Å²) in [5, 5.41) is 7.25. The summed E-state index contributed by atoms with van der Waals surface area (Å²) < 4.78 is 0. The lowest BCUT2D eigenvalue weighted by atomic mass is 10.0. The minimum Gasteiger partial charge on any atom is -0.331 e. The molecule has 0 saturated carbocycles. The molecule has 4 nitrogen and oxygen atoms in total. The van der Waals surface area contributed by atoms with Gasteiger partial charge < -0.3 is 5.32 Å². The minimum atomic E-state index is -0.237. The number of anilines is 1. The van der Waals surface area contributed by atoms with Gasteiger partial charge in [-0.05, 0) is 16.9 Å². The highest BCUT2D eigenvalue weighted by atomic mass is 32.1. The molecule has 0 saturated heterocycles. The van der Waals surface area contributed by atoms with E-state index in [1.807, 2.05) is 19.2 Å². The smallest absolute Gasteiger partial charge is 0.269 e. The summed E-state index contributed by atoms with van der Waals surface area (Å²) in [5.41, 5.74) is 1.80. The molecule has 1 amide bonds. The highest BCUT2D eigenvalue weighted by Gasteiger charge is 2.25. The molecule has 0 bridgehead atoms. The maximum absolute atomic E-state index is 11.6. The zero-order valence-electron chi connectivity index (χ0n) is 8.38. The molecule has 0 spiro atoms. The fourth-order valence-electron chi connectivity index (χ4n) is 1.47. The first-order chi connectivity index (χ1) is 7.13. The Morgan fingerprint density at radius 2 is 2.13 bits per heavy atom. The SMILES string of the molecule is CC(C)c1csc2c1NC(=C=O)NC2=O. The Balaban J connectivity index is 2.54. The molecule has 0 atom stereocenters. The molecule has 1 aliphatic heterocycles. The third kappa shape index (κ3) is 1.56. The number of hydrogen-bond donors (Lipinski definition) is 2. The van der Waals surface area contributed by atoms with Gasteiger partial charge in [0.25, 0.3) is 5.91 Å². The molecule has 78 valence electrons. The number of nitrogens with one attached hydrogen (secondary N) is 2. The first-order valence-corrected chi connectivity index (χ1v) is 5.46. The molecule has 0 aliphatic carbocycles. The van der Waals surface area contributed by atoms with Crippen LogP contribution < -0.4 is 10.6 Å². The average Bonchev–Trinajstić information content (AvgIpc) is 2.61. The van der Waals surface area contributed by atoms with E-state index in [4.69, 9.17) is 0 Å². The van der Waals surface area contributed by atoms with Gasteiger partial charge in [0.1, 0.15) is 4.88 Å². The highest BCUT2D eigenvalue weighted by molar-refractivity contribution is 7.13. The van der Waals surface area contributed by atoms with Crippen LogP contribution in [-0.4, -0.2) is 11.8 Å². The van der Waals surface area contributed by atoms with Crippen LogP contribution in [0, 0.1) is 0 Å². The van der Waals surface area contributed by atoms with Crippen molar-refractivity contribution in [1.29, 1.82) is 0 Å². The molecular formula is C10H10N2O2S. The number of carbonyl (C=O) groups excluding carboxylic acids is 2. The second kappa shape index (κ2) is 3.53. The monoisotopic (exact) mass is 222 g/mol. The lowest BCUT2D eigenvalue weighted by molar-refractivity contribution is 0.0968. The van der Waals surface area contributed by atoms with Crippen LogP contribution in [0.2, 0.25) is 0 Å². The van der Waals surface area contributed by atoms with Crippen LogP contribution in [0.15, 0.2) is 11.2 Å². The number of fused-ring (bicyclic) bond motifs is 1. The molecule has 2 rings (SSSR count). The van der Waals surface area contributed by atoms with Crippen molar-refractivity contribution in [3.8, 4) is 0 Å². The van der Waals surface area contributed by atoms with Crippen LogP contribution in [0.25, 0.3) is 0 Å². The van der Waals surface area contributed by atoms with Crippen LogP contribution in [-0.2, 0) is 4.79 Å². The van der Waals surface area contributed by atoms with Crippen LogP contribution >= 0.6 is 11.3 Å². The number of rotatable bonds is 1. The topological polar surface area (TPSA) is 58.2 Å². The largest absolute Gasteiger partial charge is 0.331 e. The van der Waals surface area contributed by atoms with E-state index in [9.17, 15) is 9.59 Å². The van der Waals surface area contributed by atoms with Crippen molar-refractivity contribution >= 4 is 28.9 Å². The average molecular weight is 222 g/mol. The van der Waals surface area contributed by atoms with Crippen molar-refractivity contribution in [2.75, 3.05) is 5.32 Å². The molecule has 0 unspecified atom stereocenters. The third-order valence-electron chi connectivity index (χ3n) is 2.24. The molecular weight excluding hydrogens is 212 g/mol. The van der Waals surface area contributed by atoms with Crippen LogP contribution in [0.4, 0.5) is 5.69 Å². The first kappa shape index (κ1) is 9.96. The van der Waals surface area contributed by atoms with E-state index >= 15 is 0 Å². The Morgan fingerprint density at radius 3 is 2.73 bits per heavy atom. The van der Waals surface area contributed by atoms with Crippen LogP contribution in [0.3, 0.4) is 0 Å². The molecule has 2 heterocycles. The van der Waals surface area contributed by atoms with E-state index < -0.39 is 0 Å². The fraction of sp³-hybridized carbons (Fsp3) is 0.300. The van der Waals surface area contributed by atoms with E-state index in [2.05, 4.69) is 10.6 Å². The minimum absolute atomic E-state index is 0.0906. The van der Waals surface area contributed by atoms with Gasteiger partial charge in [-0.25, -0.2) is 4.79 Å². The Hall–Kier alpha value is -1.58. The molecule has 0 fully saturated rings. The van der Waals surface area contributed by atoms with Crippen molar-refractivity contribution in [1.82, 2.24) is 5.32 Å². The quantitative estimate of drug-likeness (QED) is 0.711. The molecule has 0 radical (unpaired) electrons. The van der Waals surface area contributed by atoms with Gasteiger partial charge in [-0.3, -0.25) is 10.1 Å². The van der Waals surface area contributed by atoms with Gasteiger partial charge in [-0.2, -0.15) is 0 Å². The Kier molecular flexibility index (Phi) is 2.34. The van der Waals surface area contributed by atoms with Crippen LogP contribution in [0.5, 0.6) is 0 Å². The molecule has 15 heavy (non-hydrogen) atoms. The maximum atomic E-state index is 11.6. The summed E-state index contributed by atoms with van der Waals surface area (Å²) in [6, 6.07) is 0. The molecule has 5 heteroatoms. The Bertz CT molecular complexity index is 470. The van der Waals surface area contributed by atoms with Gasteiger partial charge >= 0.3 is 0 Å².